The number of hydrogen-bond donors (Lipinski definition) is 2. The van der Waals surface area contributed by atoms with E-state index in [1.54, 1.807) is 0 Å². The summed E-state index contributed by atoms with van der Waals surface area (Å²) >= 11 is 0. The molecule has 0 fully saturated rings. The molecule has 0 radical (unpaired) electrons. The van der Waals surface area contributed by atoms with E-state index < -0.39 is 6.16 Å². The van der Waals surface area contributed by atoms with Crippen molar-refractivity contribution in [2.24, 2.45) is 0 Å². The summed E-state index contributed by atoms with van der Waals surface area (Å²) in [5, 5.41) is 19.0. The molecule has 1 aromatic carbocycles. The molecule has 21 heavy (non-hydrogen) atoms. The molecular weight excluding hydrogens is 276 g/mol. The molecule has 0 aromatic heterocycles. The normalized spacial score (nSPS) is 10.2. The summed E-state index contributed by atoms with van der Waals surface area (Å²) in [6.45, 7) is 6.48. The van der Waals surface area contributed by atoms with Crippen molar-refractivity contribution in [3.8, 4) is 23.0 Å². The largest absolute Gasteiger partial charge is 0.511 e. The van der Waals surface area contributed by atoms with E-state index >= 15 is 0 Å². The van der Waals surface area contributed by atoms with Crippen LogP contribution in [0.25, 0.3) is 0 Å². The first-order valence-corrected chi connectivity index (χ1v) is 7.10. The van der Waals surface area contributed by atoms with Gasteiger partial charge in [0.25, 0.3) is 0 Å². The van der Waals surface area contributed by atoms with Crippen LogP contribution in [0, 0.1) is 0 Å². The summed E-state index contributed by atoms with van der Waals surface area (Å²) in [5.41, 5.74) is 0.515. The monoisotopic (exact) mass is 298 g/mol. The van der Waals surface area contributed by atoms with Crippen molar-refractivity contribution < 1.29 is 29.2 Å². The van der Waals surface area contributed by atoms with Crippen LogP contribution in [0.5, 0.6) is 23.0 Å². The van der Waals surface area contributed by atoms with Gasteiger partial charge in [-0.05, 0) is 26.7 Å². The number of hydrogen-bond acceptors (Lipinski definition) is 5. The van der Waals surface area contributed by atoms with Crippen LogP contribution in [-0.4, -0.2) is 29.6 Å². The quantitative estimate of drug-likeness (QED) is 0.563. The van der Waals surface area contributed by atoms with Crippen LogP contribution in [0.3, 0.4) is 0 Å². The molecule has 0 unspecified atom stereocenters. The van der Waals surface area contributed by atoms with Crippen molar-refractivity contribution in [3.05, 3.63) is 11.6 Å². The highest BCUT2D eigenvalue weighted by atomic mass is 16.7. The van der Waals surface area contributed by atoms with Gasteiger partial charge < -0.3 is 24.4 Å². The van der Waals surface area contributed by atoms with Crippen LogP contribution in [0.15, 0.2) is 6.07 Å². The third-order valence-corrected chi connectivity index (χ3v) is 2.85. The first kappa shape index (κ1) is 16.9. The van der Waals surface area contributed by atoms with Crippen molar-refractivity contribution in [1.29, 1.82) is 0 Å². The van der Waals surface area contributed by atoms with Gasteiger partial charge in [-0.25, -0.2) is 4.79 Å². The highest BCUT2D eigenvalue weighted by molar-refractivity contribution is 5.67. The Morgan fingerprint density at radius 1 is 1.14 bits per heavy atom. The Bertz CT molecular complexity index is 484. The highest BCUT2D eigenvalue weighted by Crippen LogP contribution is 2.45. The van der Waals surface area contributed by atoms with Crippen LogP contribution in [0.1, 0.15) is 39.2 Å². The van der Waals surface area contributed by atoms with Crippen LogP contribution in [-0.2, 0) is 6.42 Å². The standard InChI is InChI=1S/C15H22O6/c1-4-7-8-10-13(16)11(21-15(17)18)9-12(19-5-2)14(10)20-6-3/h9,16H,4-8H2,1-3H3,(H,17,18). The van der Waals surface area contributed by atoms with Crippen molar-refractivity contribution in [1.82, 2.24) is 0 Å². The minimum Gasteiger partial charge on any atom is -0.504 e. The number of benzene rings is 1. The fraction of sp³-hybridized carbons (Fsp3) is 0.533. The van der Waals surface area contributed by atoms with E-state index in [1.165, 1.54) is 6.07 Å². The van der Waals surface area contributed by atoms with Gasteiger partial charge in [-0.1, -0.05) is 13.3 Å². The molecule has 1 rings (SSSR count). The van der Waals surface area contributed by atoms with Gasteiger partial charge in [-0.3, -0.25) is 0 Å². The molecule has 0 bridgehead atoms. The molecule has 6 heteroatoms. The van der Waals surface area contributed by atoms with Gasteiger partial charge in [0.1, 0.15) is 0 Å². The van der Waals surface area contributed by atoms with Crippen molar-refractivity contribution in [2.75, 3.05) is 13.2 Å². The minimum absolute atomic E-state index is 0.138. The van der Waals surface area contributed by atoms with Gasteiger partial charge in [-0.15, -0.1) is 0 Å². The second-order valence-corrected chi connectivity index (χ2v) is 4.37. The summed E-state index contributed by atoms with van der Waals surface area (Å²) in [7, 11) is 0. The van der Waals surface area contributed by atoms with Crippen LogP contribution in [0.2, 0.25) is 0 Å². The molecule has 0 spiro atoms. The number of aromatic hydroxyl groups is 1. The SMILES string of the molecule is CCCCc1c(O)c(OC(=O)O)cc(OCC)c1OCC. The summed E-state index contributed by atoms with van der Waals surface area (Å²) in [4.78, 5) is 10.7. The van der Waals surface area contributed by atoms with Gasteiger partial charge in [-0.2, -0.15) is 0 Å². The topological polar surface area (TPSA) is 85.2 Å². The molecule has 0 aliphatic rings. The maximum atomic E-state index is 10.7. The average Bonchev–Trinajstić information content (AvgIpc) is 2.43. The smallest absolute Gasteiger partial charge is 0.504 e. The zero-order chi connectivity index (χ0) is 15.8. The Kier molecular flexibility index (Phi) is 6.65. The van der Waals surface area contributed by atoms with E-state index in [4.69, 9.17) is 14.6 Å². The Labute approximate surface area is 124 Å². The van der Waals surface area contributed by atoms with E-state index in [9.17, 15) is 9.90 Å². The van der Waals surface area contributed by atoms with Gasteiger partial charge in [0.15, 0.2) is 23.0 Å². The predicted octanol–water partition coefficient (Wildman–Crippen LogP) is 3.59. The molecule has 0 atom stereocenters. The predicted molar refractivity (Wildman–Crippen MR) is 77.7 cm³/mol. The Morgan fingerprint density at radius 2 is 1.81 bits per heavy atom. The van der Waals surface area contributed by atoms with E-state index in [0.29, 0.717) is 36.7 Å². The minimum atomic E-state index is -1.49. The zero-order valence-electron chi connectivity index (χ0n) is 12.6. The molecule has 0 saturated heterocycles. The number of ether oxygens (including phenoxy) is 3. The van der Waals surface area contributed by atoms with Crippen molar-refractivity contribution in [3.63, 3.8) is 0 Å². The maximum Gasteiger partial charge on any atom is 0.511 e. The molecule has 0 amide bonds. The number of phenols is 1. The Balaban J connectivity index is 3.36. The summed E-state index contributed by atoms with van der Waals surface area (Å²) in [6, 6.07) is 1.34. The molecule has 1 aromatic rings. The van der Waals surface area contributed by atoms with Gasteiger partial charge >= 0.3 is 6.16 Å². The van der Waals surface area contributed by atoms with Crippen molar-refractivity contribution >= 4 is 6.16 Å². The van der Waals surface area contributed by atoms with E-state index in [2.05, 4.69) is 4.74 Å². The first-order chi connectivity index (χ1) is 10.0. The lowest BCUT2D eigenvalue weighted by Gasteiger charge is -2.18. The van der Waals surface area contributed by atoms with E-state index in [-0.39, 0.29) is 11.5 Å². The zero-order valence-corrected chi connectivity index (χ0v) is 12.6. The second kappa shape index (κ2) is 8.24. The molecular formula is C15H22O6. The fourth-order valence-corrected chi connectivity index (χ4v) is 1.98. The molecule has 0 aliphatic carbocycles. The summed E-state index contributed by atoms with van der Waals surface area (Å²) in [5.74, 6) is 0.473. The van der Waals surface area contributed by atoms with Gasteiger partial charge in [0.2, 0.25) is 0 Å². The van der Waals surface area contributed by atoms with Crippen molar-refractivity contribution in [2.45, 2.75) is 40.0 Å². The van der Waals surface area contributed by atoms with Gasteiger partial charge in [0, 0.05) is 11.6 Å². The Hall–Kier alpha value is -2.11. The number of carbonyl (C=O) groups is 1. The van der Waals surface area contributed by atoms with Crippen LogP contribution < -0.4 is 14.2 Å². The lowest BCUT2D eigenvalue weighted by Crippen LogP contribution is -2.07. The van der Waals surface area contributed by atoms with E-state index in [1.807, 2.05) is 20.8 Å². The van der Waals surface area contributed by atoms with Crippen LogP contribution >= 0.6 is 0 Å². The molecule has 6 nitrogen and oxygen atoms in total. The second-order valence-electron chi connectivity index (χ2n) is 4.37. The Morgan fingerprint density at radius 3 is 2.33 bits per heavy atom. The summed E-state index contributed by atoms with van der Waals surface area (Å²) < 4.78 is 15.7. The molecule has 0 saturated carbocycles. The molecule has 0 heterocycles. The lowest BCUT2D eigenvalue weighted by atomic mass is 10.0. The number of phenolic OH excluding ortho intramolecular Hbond substituents is 1. The highest BCUT2D eigenvalue weighted by Gasteiger charge is 2.22. The number of carboxylic acid groups (broad SMARTS) is 1. The van der Waals surface area contributed by atoms with Gasteiger partial charge in [0.05, 0.1) is 13.2 Å². The number of unbranched alkanes of at least 4 members (excludes halogenated alkanes) is 1. The van der Waals surface area contributed by atoms with Crippen LogP contribution in [0.4, 0.5) is 4.79 Å². The van der Waals surface area contributed by atoms with E-state index in [0.717, 1.165) is 12.8 Å². The molecule has 0 aliphatic heterocycles. The third-order valence-electron chi connectivity index (χ3n) is 2.85. The fourth-order valence-electron chi connectivity index (χ4n) is 1.98. The number of rotatable bonds is 8. The summed E-state index contributed by atoms with van der Waals surface area (Å²) in [6.07, 6.45) is 0.821. The first-order valence-electron chi connectivity index (χ1n) is 7.10. The molecule has 2 N–H and O–H groups in total. The maximum absolute atomic E-state index is 10.7. The molecule has 118 valence electrons. The average molecular weight is 298 g/mol. The third kappa shape index (κ3) is 4.44. The lowest BCUT2D eigenvalue weighted by molar-refractivity contribution is 0.142.